The fourth-order valence-electron chi connectivity index (χ4n) is 4.43. The molecule has 0 saturated carbocycles. The molecule has 1 atom stereocenters. The van der Waals surface area contributed by atoms with E-state index in [1.54, 1.807) is 25.4 Å². The highest BCUT2D eigenvalue weighted by atomic mass is 35.5. The minimum atomic E-state index is -0.550. The molecule has 0 bridgehead atoms. The molecule has 8 nitrogen and oxygen atoms in total. The van der Waals surface area contributed by atoms with Crippen LogP contribution in [-0.2, 0) is 0 Å². The Hall–Kier alpha value is -4.88. The zero-order valence-electron chi connectivity index (χ0n) is 22.4. The first-order chi connectivity index (χ1) is 20.4. The normalized spacial score (nSPS) is 13.8. The number of aromatic nitrogens is 1. The number of aliphatic imine (C=N–C) groups is 1. The number of nitrogens with zero attached hydrogens (tertiary/aromatic N) is 4. The number of anilines is 3. The molecule has 0 amide bonds. The molecule has 0 unspecified atom stereocenters. The van der Waals surface area contributed by atoms with Gasteiger partial charge < -0.3 is 16.1 Å². The van der Waals surface area contributed by atoms with Crippen molar-refractivity contribution in [3.8, 4) is 6.07 Å². The molecule has 0 aliphatic carbocycles. The molecule has 0 fully saturated rings. The molecule has 0 saturated heterocycles. The summed E-state index contributed by atoms with van der Waals surface area (Å²) in [5, 5.41) is 18.7. The Kier molecular flexibility index (Phi) is 8.69. The molecule has 4 N–H and O–H groups in total. The molecule has 0 spiro atoms. The molecule has 11 heteroatoms. The average molecular weight is 600 g/mol. The van der Waals surface area contributed by atoms with Gasteiger partial charge in [-0.3, -0.25) is 15.0 Å². The van der Waals surface area contributed by atoms with E-state index >= 15 is 0 Å². The molecule has 210 valence electrons. The molecule has 4 aromatic rings. The highest BCUT2D eigenvalue weighted by molar-refractivity contribution is 6.34. The van der Waals surface area contributed by atoms with Crippen LogP contribution < -0.4 is 26.6 Å². The molecule has 5 rings (SSSR count). The molecular weight excluding hydrogens is 574 g/mol. The molecule has 3 aromatic carbocycles. The van der Waals surface area contributed by atoms with Gasteiger partial charge in [-0.1, -0.05) is 53.5 Å². The third-order valence-corrected chi connectivity index (χ3v) is 7.07. The summed E-state index contributed by atoms with van der Waals surface area (Å²) in [7, 11) is 0. The maximum atomic E-state index is 13.8. The Balaban J connectivity index is 1.56. The smallest absolute Gasteiger partial charge is 0.141 e. The van der Waals surface area contributed by atoms with Crippen LogP contribution in [0, 0.1) is 17.1 Å². The Bertz CT molecular complexity index is 1720. The second-order valence-electron chi connectivity index (χ2n) is 9.27. The lowest BCUT2D eigenvalue weighted by Crippen LogP contribution is -2.37. The number of rotatable bonds is 9. The number of nitriles is 1. The topological polar surface area (TPSA) is 100 Å². The SMILES string of the molecule is C=Nc1c(Cl)cc(N[C@H](C2=CN(c3cccnc3)NN2)c2ccccc2)cc1/C(Nc1ccc(F)c(Cl)c1)=C(\C)C#N. The van der Waals surface area contributed by atoms with E-state index in [-0.39, 0.29) is 11.1 Å². The summed E-state index contributed by atoms with van der Waals surface area (Å²) in [6.45, 7) is 5.35. The summed E-state index contributed by atoms with van der Waals surface area (Å²) in [4.78, 5) is 8.35. The third kappa shape index (κ3) is 6.21. The number of benzene rings is 3. The van der Waals surface area contributed by atoms with Crippen LogP contribution in [0.1, 0.15) is 24.1 Å². The first kappa shape index (κ1) is 28.6. The van der Waals surface area contributed by atoms with Crippen molar-refractivity contribution in [2.75, 3.05) is 15.6 Å². The summed E-state index contributed by atoms with van der Waals surface area (Å²) in [5.74, 6) is -0.550. The van der Waals surface area contributed by atoms with Crippen LogP contribution in [0.3, 0.4) is 0 Å². The summed E-state index contributed by atoms with van der Waals surface area (Å²) >= 11 is 12.7. The second kappa shape index (κ2) is 12.7. The summed E-state index contributed by atoms with van der Waals surface area (Å²) in [6.07, 6.45) is 5.40. The lowest BCUT2D eigenvalue weighted by atomic mass is 10.0. The van der Waals surface area contributed by atoms with Crippen molar-refractivity contribution < 1.29 is 4.39 Å². The van der Waals surface area contributed by atoms with Gasteiger partial charge in [0.2, 0.25) is 0 Å². The number of pyridine rings is 1. The average Bonchev–Trinajstić information content (AvgIpc) is 3.51. The quantitative estimate of drug-likeness (QED) is 0.115. The van der Waals surface area contributed by atoms with Gasteiger partial charge in [-0.15, -0.1) is 5.53 Å². The fourth-order valence-corrected chi connectivity index (χ4v) is 4.89. The van der Waals surface area contributed by atoms with Crippen molar-refractivity contribution in [3.63, 3.8) is 0 Å². The predicted molar refractivity (Wildman–Crippen MR) is 168 cm³/mol. The third-order valence-electron chi connectivity index (χ3n) is 6.49. The van der Waals surface area contributed by atoms with Crippen LogP contribution >= 0.6 is 23.2 Å². The Morgan fingerprint density at radius 1 is 1.07 bits per heavy atom. The molecule has 0 radical (unpaired) electrons. The van der Waals surface area contributed by atoms with Gasteiger partial charge in [0.15, 0.2) is 0 Å². The Morgan fingerprint density at radius 3 is 2.55 bits per heavy atom. The minimum Gasteiger partial charge on any atom is -0.373 e. The van der Waals surface area contributed by atoms with Crippen molar-refractivity contribution in [2.45, 2.75) is 13.0 Å². The summed E-state index contributed by atoms with van der Waals surface area (Å²) in [6, 6.07) is 23.3. The van der Waals surface area contributed by atoms with Crippen LogP contribution in [0.4, 0.5) is 27.1 Å². The lowest BCUT2D eigenvalue weighted by Gasteiger charge is -2.23. The van der Waals surface area contributed by atoms with Crippen LogP contribution in [0.5, 0.6) is 0 Å². The van der Waals surface area contributed by atoms with Crippen LogP contribution in [0.2, 0.25) is 10.0 Å². The van der Waals surface area contributed by atoms with Crippen LogP contribution in [0.25, 0.3) is 5.70 Å². The van der Waals surface area contributed by atoms with Gasteiger partial charge in [-0.05, 0) is 61.7 Å². The zero-order chi connectivity index (χ0) is 29.6. The van der Waals surface area contributed by atoms with E-state index in [9.17, 15) is 9.65 Å². The van der Waals surface area contributed by atoms with Gasteiger partial charge in [-0.25, -0.2) is 4.39 Å². The largest absolute Gasteiger partial charge is 0.373 e. The maximum Gasteiger partial charge on any atom is 0.141 e. The van der Waals surface area contributed by atoms with E-state index in [0.29, 0.717) is 38.9 Å². The molecule has 1 aliphatic heterocycles. The number of hydrogen-bond acceptors (Lipinski definition) is 8. The predicted octanol–water partition coefficient (Wildman–Crippen LogP) is 7.75. The van der Waals surface area contributed by atoms with E-state index in [0.717, 1.165) is 16.9 Å². The van der Waals surface area contributed by atoms with E-state index in [2.05, 4.69) is 44.4 Å². The highest BCUT2D eigenvalue weighted by Gasteiger charge is 2.24. The van der Waals surface area contributed by atoms with Crippen molar-refractivity contribution in [1.29, 1.82) is 5.26 Å². The zero-order valence-corrected chi connectivity index (χ0v) is 23.9. The van der Waals surface area contributed by atoms with Crippen molar-refractivity contribution >= 4 is 58.4 Å². The number of hydrogen-bond donors (Lipinski definition) is 4. The first-order valence-electron chi connectivity index (χ1n) is 12.8. The van der Waals surface area contributed by atoms with E-state index in [1.807, 2.05) is 59.7 Å². The van der Waals surface area contributed by atoms with Gasteiger partial charge in [0, 0.05) is 29.3 Å². The molecule has 1 aromatic heterocycles. The summed E-state index contributed by atoms with van der Waals surface area (Å²) < 4.78 is 13.8. The maximum absolute atomic E-state index is 13.8. The Labute approximate surface area is 252 Å². The fraction of sp³-hybridized carbons (Fsp3) is 0.0645. The van der Waals surface area contributed by atoms with Crippen molar-refractivity contribution in [1.82, 2.24) is 15.9 Å². The van der Waals surface area contributed by atoms with Gasteiger partial charge in [-0.2, -0.15) is 5.26 Å². The number of hydrazine groups is 2. The standard InChI is InChI=1S/C31H25Cl2FN8/c1-19(16-35)29(38-21-10-11-27(34)25(32)14-21)24-13-22(15-26(33)31(24)36-2)39-30(20-7-4-3-5-8-20)28-18-42(41-40-28)23-9-6-12-37-17-23/h3-15,17-18,30,38-41H,2H2,1H3/b29-19-/t30-/m0/s1. The summed E-state index contributed by atoms with van der Waals surface area (Å²) in [5.41, 5.74) is 11.9. The van der Waals surface area contributed by atoms with Gasteiger partial charge in [0.25, 0.3) is 0 Å². The molecule has 2 heterocycles. The molecular formula is C31H25Cl2FN8. The van der Waals surface area contributed by atoms with Crippen molar-refractivity contribution in [3.05, 3.63) is 130 Å². The Morgan fingerprint density at radius 2 is 1.86 bits per heavy atom. The van der Waals surface area contributed by atoms with Crippen LogP contribution in [-0.4, -0.2) is 11.7 Å². The highest BCUT2D eigenvalue weighted by Crippen LogP contribution is 2.40. The first-order valence-corrected chi connectivity index (χ1v) is 13.5. The molecule has 1 aliphatic rings. The van der Waals surface area contributed by atoms with E-state index in [4.69, 9.17) is 23.2 Å². The van der Waals surface area contributed by atoms with E-state index < -0.39 is 5.82 Å². The van der Waals surface area contributed by atoms with Gasteiger partial charge in [0.05, 0.1) is 56.7 Å². The number of allylic oxidation sites excluding steroid dienone is 1. The molecule has 42 heavy (non-hydrogen) atoms. The van der Waals surface area contributed by atoms with Crippen molar-refractivity contribution in [2.24, 2.45) is 4.99 Å². The second-order valence-corrected chi connectivity index (χ2v) is 10.1. The number of halogens is 3. The number of nitrogens with one attached hydrogen (secondary N) is 4. The lowest BCUT2D eigenvalue weighted by molar-refractivity contribution is 0.628. The van der Waals surface area contributed by atoms with Crippen LogP contribution in [0.15, 0.2) is 108 Å². The van der Waals surface area contributed by atoms with Gasteiger partial charge >= 0.3 is 0 Å². The van der Waals surface area contributed by atoms with E-state index in [1.165, 1.54) is 18.2 Å². The van der Waals surface area contributed by atoms with Gasteiger partial charge in [0.1, 0.15) is 5.82 Å². The minimum absolute atomic E-state index is 0.0542. The monoisotopic (exact) mass is 598 g/mol.